The number of rotatable bonds is 6. The van der Waals surface area contributed by atoms with Crippen LogP contribution in [0, 0.1) is 0 Å². The van der Waals surface area contributed by atoms with E-state index in [-0.39, 0.29) is 11.8 Å². The lowest BCUT2D eigenvalue weighted by Crippen LogP contribution is -2.37. The number of hydrogen-bond donors (Lipinski definition) is 2. The van der Waals surface area contributed by atoms with Gasteiger partial charge in [-0.2, -0.15) is 0 Å². The Kier molecular flexibility index (Phi) is 4.96. The van der Waals surface area contributed by atoms with E-state index in [0.717, 1.165) is 30.6 Å². The number of amides is 2. The van der Waals surface area contributed by atoms with Gasteiger partial charge in [-0.05, 0) is 49.9 Å². The molecule has 0 saturated carbocycles. The van der Waals surface area contributed by atoms with Crippen molar-refractivity contribution < 1.29 is 19.1 Å². The summed E-state index contributed by atoms with van der Waals surface area (Å²) in [6.45, 7) is 0. The predicted octanol–water partition coefficient (Wildman–Crippen LogP) is 3.74. The third kappa shape index (κ3) is 3.89. The first-order chi connectivity index (χ1) is 13.2. The Hall–Kier alpha value is -3.02. The number of carbonyl (C=O) groups is 2. The van der Waals surface area contributed by atoms with Crippen LogP contribution in [0.3, 0.4) is 0 Å². The number of ether oxygens (including phenoxy) is 2. The maximum atomic E-state index is 12.1. The summed E-state index contributed by atoms with van der Waals surface area (Å²) in [7, 11) is 0. The molecule has 2 amide bonds. The molecule has 2 N–H and O–H groups in total. The van der Waals surface area contributed by atoms with E-state index in [1.54, 1.807) is 0 Å². The molecule has 2 aliphatic rings. The van der Waals surface area contributed by atoms with Crippen LogP contribution in [0.15, 0.2) is 48.5 Å². The van der Waals surface area contributed by atoms with Gasteiger partial charge in [-0.25, -0.2) is 0 Å². The van der Waals surface area contributed by atoms with Gasteiger partial charge in [-0.1, -0.05) is 30.7 Å². The molecule has 0 spiro atoms. The highest BCUT2D eigenvalue weighted by atomic mass is 16.5. The molecule has 0 aromatic heterocycles. The van der Waals surface area contributed by atoms with Crippen molar-refractivity contribution in [3.63, 3.8) is 0 Å². The number of anilines is 2. The predicted molar refractivity (Wildman–Crippen MR) is 102 cm³/mol. The van der Waals surface area contributed by atoms with E-state index in [4.69, 9.17) is 9.47 Å². The second kappa shape index (κ2) is 7.70. The highest BCUT2D eigenvalue weighted by Crippen LogP contribution is 2.31. The van der Waals surface area contributed by atoms with Crippen molar-refractivity contribution >= 4 is 23.2 Å². The zero-order valence-electron chi connectivity index (χ0n) is 14.9. The average Bonchev–Trinajstić information content (AvgIpc) is 2.68. The minimum absolute atomic E-state index is 0.0969. The van der Waals surface area contributed by atoms with Crippen LogP contribution in [-0.2, 0) is 9.59 Å². The second-order valence-corrected chi connectivity index (χ2v) is 6.82. The molecule has 2 heterocycles. The van der Waals surface area contributed by atoms with Crippen LogP contribution in [0.4, 0.5) is 11.4 Å². The van der Waals surface area contributed by atoms with Crippen molar-refractivity contribution in [1.29, 1.82) is 0 Å². The topological polar surface area (TPSA) is 76.7 Å². The van der Waals surface area contributed by atoms with E-state index in [2.05, 4.69) is 10.6 Å². The lowest BCUT2D eigenvalue weighted by molar-refractivity contribution is -0.124. The van der Waals surface area contributed by atoms with E-state index in [9.17, 15) is 9.59 Å². The molecule has 6 heteroatoms. The minimum Gasteiger partial charge on any atom is -0.478 e. The Morgan fingerprint density at radius 3 is 1.59 bits per heavy atom. The van der Waals surface area contributed by atoms with Gasteiger partial charge in [-0.15, -0.1) is 0 Å². The molecule has 2 atom stereocenters. The number of para-hydroxylation sites is 4. The SMILES string of the molecule is O=C1Nc2ccccc2OC1CCCCCC1Oc2ccccc2NC1=O. The molecular formula is C21H22N2O4. The van der Waals surface area contributed by atoms with Crippen LogP contribution in [-0.4, -0.2) is 24.0 Å². The van der Waals surface area contributed by atoms with Crippen LogP contribution >= 0.6 is 0 Å². The smallest absolute Gasteiger partial charge is 0.265 e. The Bertz CT molecular complexity index is 782. The molecule has 0 radical (unpaired) electrons. The van der Waals surface area contributed by atoms with Crippen molar-refractivity contribution in [2.45, 2.75) is 44.3 Å². The first-order valence-corrected chi connectivity index (χ1v) is 9.34. The van der Waals surface area contributed by atoms with Gasteiger partial charge in [0, 0.05) is 0 Å². The fourth-order valence-electron chi connectivity index (χ4n) is 3.40. The van der Waals surface area contributed by atoms with E-state index in [0.29, 0.717) is 24.3 Å². The average molecular weight is 366 g/mol. The lowest BCUT2D eigenvalue weighted by atomic mass is 10.0. The van der Waals surface area contributed by atoms with E-state index < -0.39 is 12.2 Å². The summed E-state index contributed by atoms with van der Waals surface area (Å²) in [5, 5.41) is 5.76. The number of hydrogen-bond acceptors (Lipinski definition) is 4. The molecule has 0 saturated heterocycles. The Labute approximate surface area is 157 Å². The van der Waals surface area contributed by atoms with Gasteiger partial charge in [0.15, 0.2) is 12.2 Å². The van der Waals surface area contributed by atoms with Gasteiger partial charge < -0.3 is 20.1 Å². The molecule has 0 aliphatic carbocycles. The molecule has 2 aromatic carbocycles. The van der Waals surface area contributed by atoms with Crippen LogP contribution < -0.4 is 20.1 Å². The Morgan fingerprint density at radius 1 is 0.667 bits per heavy atom. The van der Waals surface area contributed by atoms with Crippen molar-refractivity contribution in [3.05, 3.63) is 48.5 Å². The fraction of sp³-hybridized carbons (Fsp3) is 0.333. The third-order valence-electron chi connectivity index (χ3n) is 4.85. The van der Waals surface area contributed by atoms with Gasteiger partial charge in [0.2, 0.25) is 0 Å². The Balaban J connectivity index is 1.21. The quantitative estimate of drug-likeness (QED) is 0.764. The molecule has 4 rings (SSSR count). The monoisotopic (exact) mass is 366 g/mol. The van der Waals surface area contributed by atoms with Crippen molar-refractivity contribution in [2.24, 2.45) is 0 Å². The van der Waals surface area contributed by atoms with Crippen molar-refractivity contribution in [3.8, 4) is 11.5 Å². The summed E-state index contributed by atoms with van der Waals surface area (Å²) in [5.74, 6) is 1.24. The first-order valence-electron chi connectivity index (χ1n) is 9.34. The highest BCUT2D eigenvalue weighted by molar-refractivity contribution is 5.98. The number of benzene rings is 2. The summed E-state index contributed by atoms with van der Waals surface area (Å²) >= 11 is 0. The summed E-state index contributed by atoms with van der Waals surface area (Å²) in [4.78, 5) is 24.2. The summed E-state index contributed by atoms with van der Waals surface area (Å²) in [6.07, 6.45) is 3.00. The number of fused-ring (bicyclic) bond motifs is 2. The summed E-state index contributed by atoms with van der Waals surface area (Å²) in [5.41, 5.74) is 1.44. The van der Waals surface area contributed by atoms with Gasteiger partial charge in [0.05, 0.1) is 11.4 Å². The van der Waals surface area contributed by atoms with Crippen LogP contribution in [0.2, 0.25) is 0 Å². The molecule has 0 fully saturated rings. The van der Waals surface area contributed by atoms with Gasteiger partial charge in [-0.3, -0.25) is 9.59 Å². The fourth-order valence-corrected chi connectivity index (χ4v) is 3.40. The zero-order chi connectivity index (χ0) is 18.6. The Morgan fingerprint density at radius 2 is 1.11 bits per heavy atom. The standard InChI is InChI=1S/C21H22N2O4/c24-20-18(26-16-10-6-4-8-14(16)22-20)12-2-1-3-13-19-21(25)23-15-9-5-7-11-17(15)27-19/h4-11,18-19H,1-3,12-13H2,(H,22,24)(H,23,25). The van der Waals surface area contributed by atoms with E-state index >= 15 is 0 Å². The summed E-state index contributed by atoms with van der Waals surface area (Å²) < 4.78 is 11.6. The zero-order valence-corrected chi connectivity index (χ0v) is 14.9. The van der Waals surface area contributed by atoms with Gasteiger partial charge >= 0.3 is 0 Å². The van der Waals surface area contributed by atoms with Crippen molar-refractivity contribution in [2.75, 3.05) is 10.6 Å². The lowest BCUT2D eigenvalue weighted by Gasteiger charge is -2.26. The molecule has 140 valence electrons. The molecule has 6 nitrogen and oxygen atoms in total. The molecule has 2 aliphatic heterocycles. The highest BCUT2D eigenvalue weighted by Gasteiger charge is 2.28. The summed E-state index contributed by atoms with van der Waals surface area (Å²) in [6, 6.07) is 14.9. The molecule has 0 bridgehead atoms. The van der Waals surface area contributed by atoms with Crippen LogP contribution in [0.25, 0.3) is 0 Å². The number of carbonyl (C=O) groups excluding carboxylic acids is 2. The van der Waals surface area contributed by atoms with E-state index in [1.165, 1.54) is 0 Å². The maximum Gasteiger partial charge on any atom is 0.265 e. The third-order valence-corrected chi connectivity index (χ3v) is 4.85. The van der Waals surface area contributed by atoms with Gasteiger partial charge in [0.25, 0.3) is 11.8 Å². The largest absolute Gasteiger partial charge is 0.478 e. The maximum absolute atomic E-state index is 12.1. The normalized spacial score (nSPS) is 20.4. The van der Waals surface area contributed by atoms with E-state index in [1.807, 2.05) is 48.5 Å². The molecular weight excluding hydrogens is 344 g/mol. The first kappa shape index (κ1) is 17.4. The molecule has 27 heavy (non-hydrogen) atoms. The minimum atomic E-state index is -0.457. The second-order valence-electron chi connectivity index (χ2n) is 6.82. The van der Waals surface area contributed by atoms with Crippen molar-refractivity contribution in [1.82, 2.24) is 0 Å². The van der Waals surface area contributed by atoms with Crippen LogP contribution in [0.1, 0.15) is 32.1 Å². The molecule has 2 aromatic rings. The number of nitrogens with one attached hydrogen (secondary N) is 2. The number of unbranched alkanes of at least 4 members (excludes halogenated alkanes) is 2. The van der Waals surface area contributed by atoms with Gasteiger partial charge in [0.1, 0.15) is 11.5 Å². The molecule has 2 unspecified atom stereocenters. The van der Waals surface area contributed by atoms with Crippen LogP contribution in [0.5, 0.6) is 11.5 Å².